The maximum absolute atomic E-state index is 12.5. The molecule has 0 radical (unpaired) electrons. The summed E-state index contributed by atoms with van der Waals surface area (Å²) in [6.07, 6.45) is 2.55. The van der Waals surface area contributed by atoms with Gasteiger partial charge in [0.2, 0.25) is 5.91 Å². The minimum Gasteiger partial charge on any atom is -0.468 e. The van der Waals surface area contributed by atoms with Crippen LogP contribution in [0.5, 0.6) is 0 Å². The van der Waals surface area contributed by atoms with E-state index in [9.17, 15) is 4.79 Å². The SMILES string of the molecule is COC[C@H](NCC(=O)N1CCc2ccccc2C1)c1ccco1. The topological polar surface area (TPSA) is 54.7 Å². The summed E-state index contributed by atoms with van der Waals surface area (Å²) in [4.78, 5) is 14.4. The van der Waals surface area contributed by atoms with Gasteiger partial charge in [-0.05, 0) is 29.7 Å². The summed E-state index contributed by atoms with van der Waals surface area (Å²) in [6, 6.07) is 11.9. The van der Waals surface area contributed by atoms with E-state index < -0.39 is 0 Å². The molecule has 2 aromatic rings. The number of nitrogens with zero attached hydrogens (tertiary/aromatic N) is 1. The van der Waals surface area contributed by atoms with Crippen LogP contribution in [0.4, 0.5) is 0 Å². The smallest absolute Gasteiger partial charge is 0.236 e. The molecule has 2 heterocycles. The first-order valence-electron chi connectivity index (χ1n) is 7.88. The van der Waals surface area contributed by atoms with Crippen LogP contribution in [-0.2, 0) is 22.5 Å². The second-order valence-electron chi connectivity index (χ2n) is 5.74. The van der Waals surface area contributed by atoms with Gasteiger partial charge in [0.25, 0.3) is 0 Å². The van der Waals surface area contributed by atoms with Crippen LogP contribution in [0.15, 0.2) is 47.1 Å². The third-order valence-corrected chi connectivity index (χ3v) is 4.20. The first-order chi connectivity index (χ1) is 11.3. The molecule has 0 saturated heterocycles. The quantitative estimate of drug-likeness (QED) is 0.887. The van der Waals surface area contributed by atoms with E-state index in [1.165, 1.54) is 11.1 Å². The first kappa shape index (κ1) is 15.8. The van der Waals surface area contributed by atoms with Crippen LogP contribution in [-0.4, -0.2) is 37.6 Å². The van der Waals surface area contributed by atoms with Gasteiger partial charge in [-0.15, -0.1) is 0 Å². The van der Waals surface area contributed by atoms with E-state index in [1.807, 2.05) is 23.1 Å². The van der Waals surface area contributed by atoms with Gasteiger partial charge >= 0.3 is 0 Å². The van der Waals surface area contributed by atoms with Crippen LogP contribution < -0.4 is 5.32 Å². The zero-order chi connectivity index (χ0) is 16.1. The second kappa shape index (κ2) is 7.44. The Hall–Kier alpha value is -2.11. The molecule has 1 amide bonds. The van der Waals surface area contributed by atoms with Gasteiger partial charge in [-0.3, -0.25) is 10.1 Å². The number of nitrogens with one attached hydrogen (secondary N) is 1. The summed E-state index contributed by atoms with van der Waals surface area (Å²) in [7, 11) is 1.64. The normalized spacial score (nSPS) is 15.3. The molecule has 0 unspecified atom stereocenters. The maximum Gasteiger partial charge on any atom is 0.236 e. The molecule has 23 heavy (non-hydrogen) atoms. The summed E-state index contributed by atoms with van der Waals surface area (Å²) in [6.45, 7) is 2.19. The summed E-state index contributed by atoms with van der Waals surface area (Å²) in [5.41, 5.74) is 2.59. The lowest BCUT2D eigenvalue weighted by Crippen LogP contribution is -2.42. The number of ether oxygens (including phenoxy) is 1. The van der Waals surface area contributed by atoms with Crippen LogP contribution in [0, 0.1) is 0 Å². The molecule has 122 valence electrons. The Morgan fingerprint density at radius 2 is 2.13 bits per heavy atom. The number of furan rings is 1. The number of amides is 1. The highest BCUT2D eigenvalue weighted by Gasteiger charge is 2.22. The Kier molecular flexibility index (Phi) is 5.10. The minimum atomic E-state index is -0.115. The zero-order valence-corrected chi connectivity index (χ0v) is 13.3. The number of benzene rings is 1. The molecule has 0 aliphatic carbocycles. The fraction of sp³-hybridized carbons (Fsp3) is 0.389. The molecule has 1 aliphatic rings. The molecule has 5 nitrogen and oxygen atoms in total. The number of fused-ring (bicyclic) bond motifs is 1. The molecule has 0 fully saturated rings. The van der Waals surface area contributed by atoms with Gasteiger partial charge in [-0.2, -0.15) is 0 Å². The van der Waals surface area contributed by atoms with E-state index in [0.717, 1.165) is 18.7 Å². The van der Waals surface area contributed by atoms with Gasteiger partial charge in [-0.25, -0.2) is 0 Å². The Morgan fingerprint density at radius 1 is 1.30 bits per heavy atom. The maximum atomic E-state index is 12.5. The van der Waals surface area contributed by atoms with Gasteiger partial charge in [0.05, 0.1) is 25.5 Å². The summed E-state index contributed by atoms with van der Waals surface area (Å²) in [5.74, 6) is 0.885. The van der Waals surface area contributed by atoms with Crippen LogP contribution in [0.1, 0.15) is 22.9 Å². The van der Waals surface area contributed by atoms with Crippen molar-refractivity contribution in [2.75, 3.05) is 26.8 Å². The van der Waals surface area contributed by atoms with E-state index in [-0.39, 0.29) is 18.5 Å². The Bertz CT molecular complexity index is 639. The lowest BCUT2D eigenvalue weighted by molar-refractivity contribution is -0.131. The van der Waals surface area contributed by atoms with E-state index >= 15 is 0 Å². The molecule has 0 saturated carbocycles. The number of carbonyl (C=O) groups excluding carboxylic acids is 1. The summed E-state index contributed by atoms with van der Waals surface area (Å²) < 4.78 is 10.6. The molecule has 1 aliphatic heterocycles. The number of hydrogen-bond acceptors (Lipinski definition) is 4. The van der Waals surface area contributed by atoms with E-state index in [1.54, 1.807) is 13.4 Å². The molecule has 1 aromatic carbocycles. The average molecular weight is 314 g/mol. The summed E-state index contributed by atoms with van der Waals surface area (Å²) in [5, 5.41) is 3.23. The number of carbonyl (C=O) groups is 1. The molecule has 0 spiro atoms. The largest absolute Gasteiger partial charge is 0.468 e. The number of hydrogen-bond donors (Lipinski definition) is 1. The van der Waals surface area contributed by atoms with Crippen LogP contribution in [0.25, 0.3) is 0 Å². The van der Waals surface area contributed by atoms with Gasteiger partial charge in [0.1, 0.15) is 5.76 Å². The molecular weight excluding hydrogens is 292 g/mol. The predicted octanol–water partition coefficient (Wildman–Crippen LogP) is 2.14. The van der Waals surface area contributed by atoms with Crippen molar-refractivity contribution in [2.24, 2.45) is 0 Å². The Balaban J connectivity index is 1.57. The standard InChI is InChI=1S/C18H22N2O3/c1-22-13-16(17-7-4-10-23-17)19-11-18(21)20-9-8-14-5-2-3-6-15(14)12-20/h2-7,10,16,19H,8-9,11-13H2,1H3/t16-/m0/s1. The monoisotopic (exact) mass is 314 g/mol. The average Bonchev–Trinajstić information content (AvgIpc) is 3.12. The van der Waals surface area contributed by atoms with Crippen LogP contribution >= 0.6 is 0 Å². The first-order valence-corrected chi connectivity index (χ1v) is 7.88. The highest BCUT2D eigenvalue weighted by Crippen LogP contribution is 2.19. The second-order valence-corrected chi connectivity index (χ2v) is 5.74. The molecule has 0 bridgehead atoms. The van der Waals surface area contributed by atoms with E-state index in [2.05, 4.69) is 23.5 Å². The van der Waals surface area contributed by atoms with Crippen molar-refractivity contribution >= 4 is 5.91 Å². The molecule has 1 N–H and O–H groups in total. The van der Waals surface area contributed by atoms with Crippen molar-refractivity contribution in [2.45, 2.75) is 19.0 Å². The van der Waals surface area contributed by atoms with Crippen molar-refractivity contribution in [1.29, 1.82) is 0 Å². The number of methoxy groups -OCH3 is 1. The van der Waals surface area contributed by atoms with E-state index in [0.29, 0.717) is 13.2 Å². The third kappa shape index (κ3) is 3.81. The van der Waals surface area contributed by atoms with Gasteiger partial charge in [0.15, 0.2) is 0 Å². The van der Waals surface area contributed by atoms with Crippen LogP contribution in [0.2, 0.25) is 0 Å². The predicted molar refractivity (Wildman–Crippen MR) is 86.9 cm³/mol. The molecular formula is C18H22N2O3. The highest BCUT2D eigenvalue weighted by molar-refractivity contribution is 5.78. The Labute approximate surface area is 136 Å². The lowest BCUT2D eigenvalue weighted by Gasteiger charge is -2.29. The van der Waals surface area contributed by atoms with Crippen molar-refractivity contribution in [3.8, 4) is 0 Å². The highest BCUT2D eigenvalue weighted by atomic mass is 16.5. The fourth-order valence-electron chi connectivity index (χ4n) is 2.93. The third-order valence-electron chi connectivity index (χ3n) is 4.20. The lowest BCUT2D eigenvalue weighted by atomic mass is 10.00. The number of rotatable bonds is 6. The summed E-state index contributed by atoms with van der Waals surface area (Å²) >= 11 is 0. The van der Waals surface area contributed by atoms with Crippen molar-refractivity contribution in [1.82, 2.24) is 10.2 Å². The Morgan fingerprint density at radius 3 is 2.87 bits per heavy atom. The minimum absolute atomic E-state index is 0.104. The molecule has 5 heteroatoms. The zero-order valence-electron chi connectivity index (χ0n) is 13.3. The van der Waals surface area contributed by atoms with Gasteiger partial charge in [-0.1, -0.05) is 24.3 Å². The van der Waals surface area contributed by atoms with Gasteiger partial charge < -0.3 is 14.1 Å². The molecule has 1 atom stereocenters. The van der Waals surface area contributed by atoms with Gasteiger partial charge in [0, 0.05) is 20.2 Å². The van der Waals surface area contributed by atoms with E-state index in [4.69, 9.17) is 9.15 Å². The van der Waals surface area contributed by atoms with Crippen molar-refractivity contribution in [3.05, 3.63) is 59.5 Å². The van der Waals surface area contributed by atoms with Crippen molar-refractivity contribution in [3.63, 3.8) is 0 Å². The molecule has 3 rings (SSSR count). The van der Waals surface area contributed by atoms with Crippen LogP contribution in [0.3, 0.4) is 0 Å². The molecule has 1 aromatic heterocycles. The van der Waals surface area contributed by atoms with Crippen molar-refractivity contribution < 1.29 is 13.9 Å². The fourth-order valence-corrected chi connectivity index (χ4v) is 2.93.